The molecule has 2 aromatic heterocycles. The standard InChI is InChI=1S/C20H22N4O2S/c1-13-20(14(2)24(23-13)16-8-5-4-6-9-16)22-19(26)12-17(21-15(3)25)18-10-7-11-27-18/h4-11,17H,12H2,1-3H3,(H,21,25)(H,22,26). The van der Waals surface area contributed by atoms with E-state index in [1.165, 1.54) is 18.3 Å². The highest BCUT2D eigenvalue weighted by Crippen LogP contribution is 2.25. The fourth-order valence-electron chi connectivity index (χ4n) is 2.98. The van der Waals surface area contributed by atoms with E-state index in [4.69, 9.17) is 0 Å². The fraction of sp³-hybridized carbons (Fsp3) is 0.250. The van der Waals surface area contributed by atoms with Crippen LogP contribution < -0.4 is 10.6 Å². The smallest absolute Gasteiger partial charge is 0.226 e. The highest BCUT2D eigenvalue weighted by molar-refractivity contribution is 7.10. The quantitative estimate of drug-likeness (QED) is 0.682. The molecule has 0 aliphatic heterocycles. The Labute approximate surface area is 162 Å². The summed E-state index contributed by atoms with van der Waals surface area (Å²) < 4.78 is 1.81. The molecule has 0 spiro atoms. The Hall–Kier alpha value is -2.93. The third kappa shape index (κ3) is 4.43. The van der Waals surface area contributed by atoms with E-state index in [0.29, 0.717) is 5.69 Å². The highest BCUT2D eigenvalue weighted by atomic mass is 32.1. The van der Waals surface area contributed by atoms with Crippen LogP contribution in [-0.4, -0.2) is 21.6 Å². The molecule has 27 heavy (non-hydrogen) atoms. The Morgan fingerprint density at radius 2 is 1.89 bits per heavy atom. The molecular formula is C20H22N4O2S. The van der Waals surface area contributed by atoms with Crippen LogP contribution in [0.3, 0.4) is 0 Å². The first-order valence-corrected chi connectivity index (χ1v) is 9.55. The van der Waals surface area contributed by atoms with E-state index in [0.717, 1.165) is 22.0 Å². The number of para-hydroxylation sites is 1. The number of carbonyl (C=O) groups is 2. The number of nitrogens with zero attached hydrogens (tertiary/aromatic N) is 2. The van der Waals surface area contributed by atoms with Gasteiger partial charge in [-0.25, -0.2) is 4.68 Å². The van der Waals surface area contributed by atoms with Gasteiger partial charge in [0.1, 0.15) is 0 Å². The summed E-state index contributed by atoms with van der Waals surface area (Å²) in [6.07, 6.45) is 0.162. The Kier molecular flexibility index (Phi) is 5.71. The molecule has 2 heterocycles. The Morgan fingerprint density at radius 1 is 1.15 bits per heavy atom. The number of aromatic nitrogens is 2. The molecule has 3 rings (SSSR count). The molecule has 0 aliphatic carbocycles. The van der Waals surface area contributed by atoms with E-state index >= 15 is 0 Å². The zero-order chi connectivity index (χ0) is 19.4. The topological polar surface area (TPSA) is 76.0 Å². The first kappa shape index (κ1) is 18.8. The van der Waals surface area contributed by atoms with Crippen molar-refractivity contribution in [1.29, 1.82) is 0 Å². The number of amides is 2. The first-order chi connectivity index (χ1) is 13.0. The monoisotopic (exact) mass is 382 g/mol. The van der Waals surface area contributed by atoms with Gasteiger partial charge in [-0.1, -0.05) is 24.3 Å². The van der Waals surface area contributed by atoms with Crippen LogP contribution in [0.5, 0.6) is 0 Å². The molecule has 7 heteroatoms. The predicted molar refractivity (Wildman–Crippen MR) is 107 cm³/mol. The number of carbonyl (C=O) groups excluding carboxylic acids is 2. The van der Waals surface area contributed by atoms with Crippen LogP contribution in [0.25, 0.3) is 5.69 Å². The lowest BCUT2D eigenvalue weighted by molar-refractivity contribution is -0.120. The summed E-state index contributed by atoms with van der Waals surface area (Å²) in [4.78, 5) is 25.1. The molecule has 140 valence electrons. The van der Waals surface area contributed by atoms with Crippen molar-refractivity contribution in [1.82, 2.24) is 15.1 Å². The van der Waals surface area contributed by atoms with Gasteiger partial charge in [-0.3, -0.25) is 9.59 Å². The summed E-state index contributed by atoms with van der Waals surface area (Å²) in [5.41, 5.74) is 3.25. The zero-order valence-electron chi connectivity index (χ0n) is 15.5. The molecular weight excluding hydrogens is 360 g/mol. The van der Waals surface area contributed by atoms with Gasteiger partial charge in [0.05, 0.1) is 35.2 Å². The first-order valence-electron chi connectivity index (χ1n) is 8.67. The summed E-state index contributed by atoms with van der Waals surface area (Å²) >= 11 is 1.52. The van der Waals surface area contributed by atoms with Gasteiger partial charge in [0.25, 0.3) is 0 Å². The van der Waals surface area contributed by atoms with Gasteiger partial charge in [0, 0.05) is 11.8 Å². The SMILES string of the molecule is CC(=O)NC(CC(=O)Nc1c(C)nn(-c2ccccc2)c1C)c1cccs1. The molecule has 0 radical (unpaired) electrons. The summed E-state index contributed by atoms with van der Waals surface area (Å²) in [5.74, 6) is -0.327. The molecule has 6 nitrogen and oxygen atoms in total. The van der Waals surface area contributed by atoms with E-state index in [1.54, 1.807) is 0 Å². The van der Waals surface area contributed by atoms with E-state index in [9.17, 15) is 9.59 Å². The predicted octanol–water partition coefficient (Wildman–Crippen LogP) is 3.76. The van der Waals surface area contributed by atoms with Crippen molar-refractivity contribution < 1.29 is 9.59 Å². The van der Waals surface area contributed by atoms with Crippen LogP contribution in [0.4, 0.5) is 5.69 Å². The molecule has 1 aromatic carbocycles. The molecule has 1 unspecified atom stereocenters. The Bertz CT molecular complexity index is 933. The van der Waals surface area contributed by atoms with E-state index in [2.05, 4.69) is 15.7 Å². The average molecular weight is 382 g/mol. The number of hydrogen-bond donors (Lipinski definition) is 2. The van der Waals surface area contributed by atoms with Crippen molar-refractivity contribution in [2.45, 2.75) is 33.2 Å². The van der Waals surface area contributed by atoms with Gasteiger partial charge in [0.2, 0.25) is 11.8 Å². The lowest BCUT2D eigenvalue weighted by Crippen LogP contribution is -2.29. The third-order valence-electron chi connectivity index (χ3n) is 4.21. The van der Waals surface area contributed by atoms with E-state index in [1.807, 2.05) is 66.4 Å². The summed E-state index contributed by atoms with van der Waals surface area (Å²) in [6, 6.07) is 13.3. The van der Waals surface area contributed by atoms with Crippen molar-refractivity contribution in [2.24, 2.45) is 0 Å². The van der Waals surface area contributed by atoms with Gasteiger partial charge in [0.15, 0.2) is 0 Å². The zero-order valence-corrected chi connectivity index (χ0v) is 16.3. The average Bonchev–Trinajstić information content (AvgIpc) is 3.26. The molecule has 2 amide bonds. The van der Waals surface area contributed by atoms with Crippen LogP contribution in [0.1, 0.15) is 35.7 Å². The number of aryl methyl sites for hydroxylation is 1. The molecule has 0 saturated heterocycles. The molecule has 2 N–H and O–H groups in total. The molecule has 1 atom stereocenters. The van der Waals surface area contributed by atoms with E-state index in [-0.39, 0.29) is 24.3 Å². The second-order valence-electron chi connectivity index (χ2n) is 6.31. The maximum Gasteiger partial charge on any atom is 0.226 e. The van der Waals surface area contributed by atoms with Crippen LogP contribution in [-0.2, 0) is 9.59 Å². The number of anilines is 1. The number of hydrogen-bond acceptors (Lipinski definition) is 4. The van der Waals surface area contributed by atoms with Gasteiger partial charge < -0.3 is 10.6 Å². The van der Waals surface area contributed by atoms with Crippen LogP contribution in [0.15, 0.2) is 47.8 Å². The maximum atomic E-state index is 12.7. The molecule has 0 saturated carbocycles. The number of rotatable bonds is 6. The molecule has 0 fully saturated rings. The molecule has 3 aromatic rings. The van der Waals surface area contributed by atoms with Crippen LogP contribution in [0, 0.1) is 13.8 Å². The minimum Gasteiger partial charge on any atom is -0.348 e. The van der Waals surface area contributed by atoms with Crippen LogP contribution in [0.2, 0.25) is 0 Å². The number of nitrogens with one attached hydrogen (secondary N) is 2. The van der Waals surface area contributed by atoms with Crippen LogP contribution >= 0.6 is 11.3 Å². The highest BCUT2D eigenvalue weighted by Gasteiger charge is 2.20. The lowest BCUT2D eigenvalue weighted by Gasteiger charge is -2.16. The van der Waals surface area contributed by atoms with Crippen molar-refractivity contribution in [3.05, 3.63) is 64.1 Å². The molecule has 0 aliphatic rings. The number of thiophene rings is 1. The minimum atomic E-state index is -0.340. The second-order valence-corrected chi connectivity index (χ2v) is 7.29. The summed E-state index contributed by atoms with van der Waals surface area (Å²) in [5, 5.41) is 12.3. The van der Waals surface area contributed by atoms with Gasteiger partial charge in [-0.05, 0) is 37.4 Å². The van der Waals surface area contributed by atoms with Crippen molar-refractivity contribution >= 4 is 28.8 Å². The number of benzene rings is 1. The van der Waals surface area contributed by atoms with Crippen molar-refractivity contribution in [2.75, 3.05) is 5.32 Å². The largest absolute Gasteiger partial charge is 0.348 e. The maximum absolute atomic E-state index is 12.7. The van der Waals surface area contributed by atoms with Gasteiger partial charge in [-0.15, -0.1) is 11.3 Å². The van der Waals surface area contributed by atoms with Gasteiger partial charge in [-0.2, -0.15) is 5.10 Å². The van der Waals surface area contributed by atoms with Crippen molar-refractivity contribution in [3.8, 4) is 5.69 Å². The molecule has 0 bridgehead atoms. The minimum absolute atomic E-state index is 0.162. The summed E-state index contributed by atoms with van der Waals surface area (Å²) in [7, 11) is 0. The third-order valence-corrected chi connectivity index (χ3v) is 5.20. The lowest BCUT2D eigenvalue weighted by atomic mass is 10.1. The summed E-state index contributed by atoms with van der Waals surface area (Å²) in [6.45, 7) is 5.25. The Morgan fingerprint density at radius 3 is 2.52 bits per heavy atom. The fourth-order valence-corrected chi connectivity index (χ4v) is 3.76. The Balaban J connectivity index is 1.77. The van der Waals surface area contributed by atoms with Crippen molar-refractivity contribution in [3.63, 3.8) is 0 Å². The van der Waals surface area contributed by atoms with Gasteiger partial charge >= 0.3 is 0 Å². The second kappa shape index (κ2) is 8.18. The van der Waals surface area contributed by atoms with E-state index < -0.39 is 0 Å². The normalized spacial score (nSPS) is 11.8.